The maximum atomic E-state index is 12.6. The van der Waals surface area contributed by atoms with E-state index in [1.165, 1.54) is 263 Å². The van der Waals surface area contributed by atoms with Gasteiger partial charge in [0.15, 0.2) is 0 Å². The summed E-state index contributed by atoms with van der Waals surface area (Å²) in [5.74, 6) is -0.589. The zero-order chi connectivity index (χ0) is 50.9. The first-order valence-corrected chi connectivity index (χ1v) is 31.4. The van der Waals surface area contributed by atoms with E-state index in [4.69, 9.17) is 0 Å². The van der Waals surface area contributed by atoms with Crippen LogP contribution in [0.1, 0.15) is 335 Å². The highest BCUT2D eigenvalue weighted by molar-refractivity contribution is 5.80. The van der Waals surface area contributed by atoms with Crippen molar-refractivity contribution in [3.63, 3.8) is 0 Å². The molecule has 0 aliphatic rings. The smallest absolute Gasteiger partial charge is 0.249 e. The predicted molar refractivity (Wildman–Crippen MR) is 307 cm³/mol. The van der Waals surface area contributed by atoms with Crippen molar-refractivity contribution in [3.8, 4) is 0 Å². The summed E-state index contributed by atoms with van der Waals surface area (Å²) in [5, 5.41) is 44.0. The lowest BCUT2D eigenvalue weighted by Crippen LogP contribution is -2.53. The van der Waals surface area contributed by atoms with Crippen molar-refractivity contribution < 1.29 is 25.2 Å². The Labute approximate surface area is 437 Å². The molecule has 0 spiro atoms. The molecule has 4 unspecified atom stereocenters. The molecular formula is C64H123NO5. The lowest BCUT2D eigenvalue weighted by Gasteiger charge is -2.27. The van der Waals surface area contributed by atoms with Crippen LogP contribution in [0.15, 0.2) is 36.5 Å². The fourth-order valence-corrected chi connectivity index (χ4v) is 9.91. The lowest BCUT2D eigenvalue weighted by molar-refractivity contribution is -0.132. The fourth-order valence-electron chi connectivity index (χ4n) is 9.91. The third-order valence-corrected chi connectivity index (χ3v) is 14.8. The summed E-state index contributed by atoms with van der Waals surface area (Å²) in [7, 11) is 0. The van der Waals surface area contributed by atoms with Gasteiger partial charge >= 0.3 is 0 Å². The quantitative estimate of drug-likeness (QED) is 0.0308. The fraction of sp³-hybridized carbons (Fsp3) is 0.891. The van der Waals surface area contributed by atoms with Gasteiger partial charge in [0.1, 0.15) is 12.2 Å². The van der Waals surface area contributed by atoms with Crippen molar-refractivity contribution in [1.82, 2.24) is 5.32 Å². The normalized spacial score (nSPS) is 13.9. The topological polar surface area (TPSA) is 110 Å². The first-order valence-electron chi connectivity index (χ1n) is 31.4. The van der Waals surface area contributed by atoms with Crippen LogP contribution in [-0.4, -0.2) is 57.3 Å². The van der Waals surface area contributed by atoms with Crippen LogP contribution in [0.25, 0.3) is 0 Å². The van der Waals surface area contributed by atoms with Crippen molar-refractivity contribution in [2.24, 2.45) is 0 Å². The van der Waals surface area contributed by atoms with Crippen molar-refractivity contribution in [1.29, 1.82) is 0 Å². The molecule has 0 aliphatic heterocycles. The number of carbonyl (C=O) groups excluding carboxylic acids is 1. The molecule has 0 aliphatic carbocycles. The van der Waals surface area contributed by atoms with Crippen LogP contribution in [0, 0.1) is 0 Å². The molecule has 0 aromatic carbocycles. The predicted octanol–water partition coefficient (Wildman–Crippen LogP) is 18.8. The molecule has 1 amide bonds. The molecule has 4 atom stereocenters. The zero-order valence-electron chi connectivity index (χ0n) is 47.0. The van der Waals surface area contributed by atoms with Gasteiger partial charge in [0.25, 0.3) is 0 Å². The second kappa shape index (κ2) is 58.4. The number of hydrogen-bond donors (Lipinski definition) is 5. The molecule has 6 nitrogen and oxygen atoms in total. The second-order valence-corrected chi connectivity index (χ2v) is 21.7. The largest absolute Gasteiger partial charge is 0.394 e. The van der Waals surface area contributed by atoms with Gasteiger partial charge in [-0.3, -0.25) is 4.79 Å². The molecule has 5 N–H and O–H groups in total. The Balaban J connectivity index is 3.57. The second-order valence-electron chi connectivity index (χ2n) is 21.7. The summed E-state index contributed by atoms with van der Waals surface area (Å²) >= 11 is 0. The van der Waals surface area contributed by atoms with Crippen molar-refractivity contribution in [2.75, 3.05) is 6.61 Å². The van der Waals surface area contributed by atoms with E-state index >= 15 is 0 Å². The molecule has 0 fully saturated rings. The third-order valence-electron chi connectivity index (χ3n) is 14.8. The monoisotopic (exact) mass is 986 g/mol. The molecule has 6 heteroatoms. The molecular weight excluding hydrogens is 863 g/mol. The minimum atomic E-state index is -1.28. The van der Waals surface area contributed by atoms with Gasteiger partial charge < -0.3 is 25.7 Å². The Bertz CT molecular complexity index is 1110. The van der Waals surface area contributed by atoms with Gasteiger partial charge in [-0.05, 0) is 70.6 Å². The SMILES string of the molecule is CCCCCCCCCCCCCCC/C=C\C/C=C\CCCCCCCCCCCCCCCCCCC(O)C(=O)NC(CO)C(O)C(O)CCC/C=C/CCCCCCCCCCCCCCC. The van der Waals surface area contributed by atoms with Crippen molar-refractivity contribution in [3.05, 3.63) is 36.5 Å². The van der Waals surface area contributed by atoms with E-state index in [1.54, 1.807) is 0 Å². The highest BCUT2D eigenvalue weighted by atomic mass is 16.3. The molecule has 70 heavy (non-hydrogen) atoms. The van der Waals surface area contributed by atoms with Crippen LogP contribution in [-0.2, 0) is 4.79 Å². The van der Waals surface area contributed by atoms with E-state index in [0.29, 0.717) is 12.8 Å². The van der Waals surface area contributed by atoms with Crippen LogP contribution in [0.3, 0.4) is 0 Å². The maximum absolute atomic E-state index is 12.6. The van der Waals surface area contributed by atoms with Gasteiger partial charge in [-0.25, -0.2) is 0 Å². The minimum absolute atomic E-state index is 0.364. The number of amides is 1. The molecule has 0 saturated carbocycles. The van der Waals surface area contributed by atoms with Gasteiger partial charge in [0.2, 0.25) is 5.91 Å². The minimum Gasteiger partial charge on any atom is -0.394 e. The van der Waals surface area contributed by atoms with Crippen molar-refractivity contribution in [2.45, 2.75) is 359 Å². The van der Waals surface area contributed by atoms with Crippen LogP contribution < -0.4 is 5.32 Å². The first-order chi connectivity index (χ1) is 34.5. The Morgan fingerprint density at radius 1 is 0.357 bits per heavy atom. The molecule has 0 radical (unpaired) electrons. The summed E-state index contributed by atoms with van der Waals surface area (Å²) in [6.45, 7) is 4.08. The zero-order valence-corrected chi connectivity index (χ0v) is 47.0. The number of carbonyl (C=O) groups is 1. The molecule has 0 heterocycles. The van der Waals surface area contributed by atoms with E-state index in [0.717, 1.165) is 44.9 Å². The number of rotatable bonds is 58. The molecule has 414 valence electrons. The molecule has 0 bridgehead atoms. The van der Waals surface area contributed by atoms with Gasteiger partial charge in [0.05, 0.1) is 18.8 Å². The summed E-state index contributed by atoms with van der Waals surface area (Å²) in [6.07, 6.45) is 73.9. The highest BCUT2D eigenvalue weighted by Crippen LogP contribution is 2.18. The van der Waals surface area contributed by atoms with E-state index in [2.05, 4.69) is 55.6 Å². The Kier molecular flexibility index (Phi) is 57.2. The van der Waals surface area contributed by atoms with Crippen LogP contribution in [0.2, 0.25) is 0 Å². The van der Waals surface area contributed by atoms with Crippen LogP contribution >= 0.6 is 0 Å². The number of allylic oxidation sites excluding steroid dienone is 6. The summed E-state index contributed by atoms with van der Waals surface area (Å²) in [4.78, 5) is 12.6. The van der Waals surface area contributed by atoms with Gasteiger partial charge in [-0.15, -0.1) is 0 Å². The Morgan fingerprint density at radius 2 is 0.629 bits per heavy atom. The van der Waals surface area contributed by atoms with Gasteiger partial charge in [-0.1, -0.05) is 301 Å². The summed E-state index contributed by atoms with van der Waals surface area (Å²) in [5.41, 5.74) is 0. The van der Waals surface area contributed by atoms with E-state index in [9.17, 15) is 25.2 Å². The highest BCUT2D eigenvalue weighted by Gasteiger charge is 2.28. The van der Waals surface area contributed by atoms with E-state index < -0.39 is 36.9 Å². The Hall–Kier alpha value is -1.47. The summed E-state index contributed by atoms with van der Waals surface area (Å²) in [6, 6.07) is -1.00. The van der Waals surface area contributed by atoms with Gasteiger partial charge in [0, 0.05) is 0 Å². The Morgan fingerprint density at radius 3 is 0.943 bits per heavy atom. The number of aliphatic hydroxyl groups is 4. The number of unbranched alkanes of at least 4 members (excludes halogenated alkanes) is 43. The number of hydrogen-bond acceptors (Lipinski definition) is 5. The lowest BCUT2D eigenvalue weighted by atomic mass is 10.00. The molecule has 0 saturated heterocycles. The third kappa shape index (κ3) is 51.4. The first kappa shape index (κ1) is 68.5. The van der Waals surface area contributed by atoms with Gasteiger partial charge in [-0.2, -0.15) is 0 Å². The molecule has 0 aromatic heterocycles. The summed E-state index contributed by atoms with van der Waals surface area (Å²) < 4.78 is 0. The van der Waals surface area contributed by atoms with E-state index in [1.807, 2.05) is 0 Å². The number of aliphatic hydroxyl groups excluding tert-OH is 4. The molecule has 0 aromatic rings. The molecule has 0 rings (SSSR count). The van der Waals surface area contributed by atoms with Crippen LogP contribution in [0.4, 0.5) is 0 Å². The average Bonchev–Trinajstić information content (AvgIpc) is 3.36. The van der Waals surface area contributed by atoms with Crippen LogP contribution in [0.5, 0.6) is 0 Å². The van der Waals surface area contributed by atoms with E-state index in [-0.39, 0.29) is 0 Å². The standard InChI is InChI=1S/C64H123NO5/c1-3-5-7-9-11-13-15-17-19-21-23-24-25-26-27-28-29-30-31-32-33-34-35-36-37-38-39-40-42-44-46-48-50-52-54-56-58-62(68)64(70)65-60(59-66)63(69)61(67)57-55-53-51-49-47-45-43-41-22-20-18-16-14-12-10-8-6-4-2/h27-28,30-31,49,51,60-63,66-69H,3-26,29,32-48,50,52-59H2,1-2H3,(H,65,70)/b28-27-,31-30-,51-49+. The number of nitrogens with one attached hydrogen (secondary N) is 1. The average molecular weight is 987 g/mol. The maximum Gasteiger partial charge on any atom is 0.249 e. The van der Waals surface area contributed by atoms with Crippen molar-refractivity contribution >= 4 is 5.91 Å².